The maximum absolute atomic E-state index is 11.1. The number of amides is 1. The summed E-state index contributed by atoms with van der Waals surface area (Å²) in [4.78, 5) is 22.0. The number of anilines is 1. The van der Waals surface area contributed by atoms with Gasteiger partial charge in [-0.1, -0.05) is 6.07 Å². The molecule has 4 heteroatoms. The van der Waals surface area contributed by atoms with Gasteiger partial charge in [0.2, 0.25) is 0 Å². The molecule has 0 atom stereocenters. The predicted molar refractivity (Wildman–Crippen MR) is 59.6 cm³/mol. The van der Waals surface area contributed by atoms with Gasteiger partial charge in [-0.25, -0.2) is 0 Å². The van der Waals surface area contributed by atoms with Gasteiger partial charge >= 0.3 is 0 Å². The van der Waals surface area contributed by atoms with Gasteiger partial charge in [-0.2, -0.15) is 0 Å². The van der Waals surface area contributed by atoms with E-state index in [4.69, 9.17) is 4.74 Å². The van der Waals surface area contributed by atoms with E-state index in [-0.39, 0.29) is 18.3 Å². The number of benzene rings is 1. The minimum Gasteiger partial charge on any atom is -0.482 e. The van der Waals surface area contributed by atoms with E-state index in [9.17, 15) is 9.59 Å². The third-order valence-corrected chi connectivity index (χ3v) is 2.44. The molecule has 4 nitrogen and oxygen atoms in total. The zero-order chi connectivity index (χ0) is 11.5. The van der Waals surface area contributed by atoms with Crippen molar-refractivity contribution < 1.29 is 14.3 Å². The Bertz CT molecular complexity index is 440. The van der Waals surface area contributed by atoms with Crippen LogP contribution in [0.5, 0.6) is 5.75 Å². The van der Waals surface area contributed by atoms with Crippen LogP contribution in [0.3, 0.4) is 0 Å². The Morgan fingerprint density at radius 3 is 3.06 bits per heavy atom. The van der Waals surface area contributed by atoms with Crippen molar-refractivity contribution >= 4 is 17.4 Å². The summed E-state index contributed by atoms with van der Waals surface area (Å²) in [7, 11) is 0. The van der Waals surface area contributed by atoms with Gasteiger partial charge in [0.05, 0.1) is 5.69 Å². The zero-order valence-electron chi connectivity index (χ0n) is 9.08. The third kappa shape index (κ3) is 2.39. The summed E-state index contributed by atoms with van der Waals surface area (Å²) in [6.45, 7) is 1.64. The highest BCUT2D eigenvalue weighted by molar-refractivity contribution is 5.95. The van der Waals surface area contributed by atoms with Crippen LogP contribution >= 0.6 is 0 Å². The predicted octanol–water partition coefficient (Wildman–Crippen LogP) is 1.54. The van der Waals surface area contributed by atoms with Crippen molar-refractivity contribution in [3.8, 4) is 5.75 Å². The van der Waals surface area contributed by atoms with Crippen molar-refractivity contribution in [2.75, 3.05) is 11.9 Å². The molecule has 1 heterocycles. The molecule has 0 saturated heterocycles. The lowest BCUT2D eigenvalue weighted by molar-refractivity contribution is -0.119. The summed E-state index contributed by atoms with van der Waals surface area (Å²) in [6, 6.07) is 5.60. The average Bonchev–Trinajstić information content (AvgIpc) is 2.25. The smallest absolute Gasteiger partial charge is 0.262 e. The van der Waals surface area contributed by atoms with Crippen LogP contribution < -0.4 is 10.1 Å². The van der Waals surface area contributed by atoms with Crippen molar-refractivity contribution in [3.05, 3.63) is 23.8 Å². The molecule has 0 aromatic heterocycles. The molecule has 0 spiro atoms. The minimum absolute atomic E-state index is 0.0692. The van der Waals surface area contributed by atoms with Crippen molar-refractivity contribution in [1.29, 1.82) is 0 Å². The lowest BCUT2D eigenvalue weighted by atomic mass is 10.1. The van der Waals surface area contributed by atoms with Crippen LogP contribution in [0.25, 0.3) is 0 Å². The van der Waals surface area contributed by atoms with Gasteiger partial charge in [0, 0.05) is 6.42 Å². The van der Waals surface area contributed by atoms with Crippen LogP contribution in [0.15, 0.2) is 18.2 Å². The molecule has 1 aliphatic heterocycles. The fourth-order valence-corrected chi connectivity index (χ4v) is 1.61. The maximum Gasteiger partial charge on any atom is 0.262 e. The number of carbonyl (C=O) groups is 2. The van der Waals surface area contributed by atoms with Crippen LogP contribution in [0.2, 0.25) is 0 Å². The molecule has 16 heavy (non-hydrogen) atoms. The summed E-state index contributed by atoms with van der Waals surface area (Å²) in [5, 5.41) is 2.74. The van der Waals surface area contributed by atoms with Crippen molar-refractivity contribution in [3.63, 3.8) is 0 Å². The van der Waals surface area contributed by atoms with Gasteiger partial charge in [-0.05, 0) is 31.0 Å². The molecule has 1 aromatic carbocycles. The summed E-state index contributed by atoms with van der Waals surface area (Å²) in [5.74, 6) is 0.709. The number of aryl methyl sites for hydroxylation is 1. The Morgan fingerprint density at radius 2 is 2.31 bits per heavy atom. The van der Waals surface area contributed by atoms with Gasteiger partial charge in [-0.3, -0.25) is 4.79 Å². The molecule has 0 aliphatic carbocycles. The summed E-state index contributed by atoms with van der Waals surface area (Å²) in [6.07, 6.45) is 1.21. The highest BCUT2D eigenvalue weighted by atomic mass is 16.5. The monoisotopic (exact) mass is 219 g/mol. The summed E-state index contributed by atoms with van der Waals surface area (Å²) >= 11 is 0. The summed E-state index contributed by atoms with van der Waals surface area (Å²) < 4.78 is 5.24. The standard InChI is InChI=1S/C12H13NO3/c1-8(14)2-3-9-4-5-11-10(6-9)13-12(15)7-16-11/h4-6H,2-3,7H2,1H3,(H,13,15). The highest BCUT2D eigenvalue weighted by Crippen LogP contribution is 2.28. The van der Waals surface area contributed by atoms with E-state index in [1.165, 1.54) is 0 Å². The lowest BCUT2D eigenvalue weighted by Gasteiger charge is -2.18. The van der Waals surface area contributed by atoms with Gasteiger partial charge in [0.1, 0.15) is 11.5 Å². The van der Waals surface area contributed by atoms with E-state index in [2.05, 4.69) is 5.32 Å². The molecule has 1 aliphatic rings. The van der Waals surface area contributed by atoms with Gasteiger partial charge in [0.25, 0.3) is 5.91 Å². The first-order valence-electron chi connectivity index (χ1n) is 5.20. The quantitative estimate of drug-likeness (QED) is 0.838. The Labute approximate surface area is 93.6 Å². The lowest BCUT2D eigenvalue weighted by Crippen LogP contribution is -2.25. The number of rotatable bonds is 3. The number of fused-ring (bicyclic) bond motifs is 1. The van der Waals surface area contributed by atoms with Gasteiger partial charge in [-0.15, -0.1) is 0 Å². The van der Waals surface area contributed by atoms with Crippen LogP contribution in [0.4, 0.5) is 5.69 Å². The number of hydrogen-bond donors (Lipinski definition) is 1. The van der Waals surface area contributed by atoms with Crippen LogP contribution in [0.1, 0.15) is 18.9 Å². The number of hydrogen-bond acceptors (Lipinski definition) is 3. The second kappa shape index (κ2) is 4.35. The van der Waals surface area contributed by atoms with Crippen molar-refractivity contribution in [2.24, 2.45) is 0 Å². The first-order chi connectivity index (χ1) is 7.65. The number of nitrogens with one attached hydrogen (secondary N) is 1. The molecule has 1 amide bonds. The Balaban J connectivity index is 2.14. The molecule has 2 rings (SSSR count). The van der Waals surface area contributed by atoms with Crippen LogP contribution in [0, 0.1) is 0 Å². The number of carbonyl (C=O) groups excluding carboxylic acids is 2. The van der Waals surface area contributed by atoms with E-state index in [0.717, 1.165) is 5.56 Å². The largest absolute Gasteiger partial charge is 0.482 e. The van der Waals surface area contributed by atoms with Crippen molar-refractivity contribution in [1.82, 2.24) is 0 Å². The van der Waals surface area contributed by atoms with Crippen LogP contribution in [-0.2, 0) is 16.0 Å². The minimum atomic E-state index is -0.142. The van der Waals surface area contributed by atoms with E-state index in [0.29, 0.717) is 24.3 Å². The fourth-order valence-electron chi connectivity index (χ4n) is 1.61. The fraction of sp³-hybridized carbons (Fsp3) is 0.333. The zero-order valence-corrected chi connectivity index (χ0v) is 9.08. The normalized spacial score (nSPS) is 13.7. The molecule has 1 N–H and O–H groups in total. The molecule has 0 saturated carbocycles. The van der Waals surface area contributed by atoms with E-state index >= 15 is 0 Å². The Kier molecular flexibility index (Phi) is 2.90. The molecule has 0 fully saturated rings. The topological polar surface area (TPSA) is 55.4 Å². The first-order valence-corrected chi connectivity index (χ1v) is 5.20. The van der Waals surface area contributed by atoms with E-state index < -0.39 is 0 Å². The molecule has 0 unspecified atom stereocenters. The molecular weight excluding hydrogens is 206 g/mol. The Hall–Kier alpha value is -1.84. The molecule has 0 radical (unpaired) electrons. The van der Waals surface area contributed by atoms with E-state index in [1.807, 2.05) is 18.2 Å². The number of Topliss-reactive ketones (excluding diaryl/α,β-unsaturated/α-hetero) is 1. The highest BCUT2D eigenvalue weighted by Gasteiger charge is 2.15. The van der Waals surface area contributed by atoms with Gasteiger partial charge < -0.3 is 14.8 Å². The number of ether oxygens (including phenoxy) is 1. The van der Waals surface area contributed by atoms with Crippen molar-refractivity contribution in [2.45, 2.75) is 19.8 Å². The summed E-state index contributed by atoms with van der Waals surface area (Å²) in [5.41, 5.74) is 1.72. The SMILES string of the molecule is CC(=O)CCc1ccc2c(c1)NC(=O)CO2. The number of ketones is 1. The molecule has 84 valence electrons. The Morgan fingerprint density at radius 1 is 1.50 bits per heavy atom. The average molecular weight is 219 g/mol. The second-order valence-corrected chi connectivity index (χ2v) is 3.87. The first kappa shape index (κ1) is 10.7. The molecule has 1 aromatic rings. The molecular formula is C12H13NO3. The molecule has 0 bridgehead atoms. The third-order valence-electron chi connectivity index (χ3n) is 2.44. The maximum atomic E-state index is 11.1. The van der Waals surface area contributed by atoms with E-state index in [1.54, 1.807) is 6.92 Å². The van der Waals surface area contributed by atoms with Gasteiger partial charge in [0.15, 0.2) is 6.61 Å². The van der Waals surface area contributed by atoms with Crippen LogP contribution in [-0.4, -0.2) is 18.3 Å². The second-order valence-electron chi connectivity index (χ2n) is 3.87.